The number of aromatic nitrogens is 2. The molecular weight excluding hydrogens is 293 g/mol. The Bertz CT molecular complexity index is 598. The number of H-pyrrole nitrogens is 1. The first-order chi connectivity index (χ1) is 9.97. The molecule has 1 aromatic carbocycles. The van der Waals surface area contributed by atoms with Gasteiger partial charge in [-0.15, -0.1) is 0 Å². The van der Waals surface area contributed by atoms with Crippen LogP contribution >= 0.6 is 0 Å². The van der Waals surface area contributed by atoms with Crippen LogP contribution in [0.25, 0.3) is 0 Å². The molecule has 2 rings (SSSR count). The van der Waals surface area contributed by atoms with Gasteiger partial charge in [-0.05, 0) is 6.54 Å². The lowest BCUT2D eigenvalue weighted by Crippen LogP contribution is -2.27. The summed E-state index contributed by atoms with van der Waals surface area (Å²) in [6.07, 6.45) is 2.88. The molecule has 2 N–H and O–H groups in total. The molecule has 1 aromatic heterocycles. The van der Waals surface area contributed by atoms with E-state index in [1.807, 2.05) is 0 Å². The fourth-order valence-corrected chi connectivity index (χ4v) is 2.05. The summed E-state index contributed by atoms with van der Waals surface area (Å²) < 4.78 is 67.2. The van der Waals surface area contributed by atoms with Crippen LogP contribution in [0, 0.1) is 29.1 Å². The normalized spacial score (nSPS) is 12.7. The zero-order valence-corrected chi connectivity index (χ0v) is 11.0. The molecule has 0 aliphatic heterocycles. The molecule has 1 heterocycles. The maximum Gasteiger partial charge on any atom is 0.200 e. The van der Waals surface area contributed by atoms with Crippen molar-refractivity contribution in [2.75, 3.05) is 6.54 Å². The van der Waals surface area contributed by atoms with Crippen molar-refractivity contribution < 1.29 is 22.0 Å². The maximum absolute atomic E-state index is 13.8. The Labute approximate surface area is 117 Å². The van der Waals surface area contributed by atoms with Gasteiger partial charge in [0, 0.05) is 30.4 Å². The van der Waals surface area contributed by atoms with Gasteiger partial charge in [-0.1, -0.05) is 6.92 Å². The number of hydrogen-bond donors (Lipinski definition) is 2. The summed E-state index contributed by atoms with van der Waals surface area (Å²) >= 11 is 0. The fourth-order valence-electron chi connectivity index (χ4n) is 2.05. The SMILES string of the molecule is CCNC(Cc1ncc[nH]1)c1c(F)c(F)c(F)c(F)c1F. The van der Waals surface area contributed by atoms with Gasteiger partial charge < -0.3 is 10.3 Å². The highest BCUT2D eigenvalue weighted by atomic mass is 19.2. The van der Waals surface area contributed by atoms with E-state index in [1.54, 1.807) is 6.92 Å². The van der Waals surface area contributed by atoms with Crippen molar-refractivity contribution in [3.63, 3.8) is 0 Å². The van der Waals surface area contributed by atoms with Crippen molar-refractivity contribution in [2.24, 2.45) is 0 Å². The van der Waals surface area contributed by atoms with Crippen molar-refractivity contribution in [2.45, 2.75) is 19.4 Å². The Morgan fingerprint density at radius 3 is 2.10 bits per heavy atom. The molecule has 0 saturated carbocycles. The van der Waals surface area contributed by atoms with E-state index >= 15 is 0 Å². The van der Waals surface area contributed by atoms with Crippen LogP contribution in [0.5, 0.6) is 0 Å². The van der Waals surface area contributed by atoms with Crippen LogP contribution in [0.15, 0.2) is 12.4 Å². The number of aromatic amines is 1. The van der Waals surface area contributed by atoms with E-state index in [2.05, 4.69) is 15.3 Å². The number of hydrogen-bond acceptors (Lipinski definition) is 2. The Kier molecular flexibility index (Phi) is 4.56. The number of nitrogens with zero attached hydrogens (tertiary/aromatic N) is 1. The van der Waals surface area contributed by atoms with E-state index in [0.29, 0.717) is 5.82 Å². The molecular formula is C13H12F5N3. The second-order valence-electron chi connectivity index (χ2n) is 4.33. The average molecular weight is 305 g/mol. The predicted molar refractivity (Wildman–Crippen MR) is 64.9 cm³/mol. The topological polar surface area (TPSA) is 40.7 Å². The van der Waals surface area contributed by atoms with Gasteiger partial charge in [-0.25, -0.2) is 26.9 Å². The van der Waals surface area contributed by atoms with Crippen molar-refractivity contribution in [3.05, 3.63) is 52.9 Å². The number of nitrogens with one attached hydrogen (secondary N) is 2. The van der Waals surface area contributed by atoms with Crippen LogP contribution in [0.2, 0.25) is 0 Å². The largest absolute Gasteiger partial charge is 0.349 e. The van der Waals surface area contributed by atoms with Crippen LogP contribution in [-0.2, 0) is 6.42 Å². The molecule has 8 heteroatoms. The molecule has 0 aliphatic rings. The van der Waals surface area contributed by atoms with E-state index in [0.717, 1.165) is 0 Å². The van der Waals surface area contributed by atoms with Crippen molar-refractivity contribution >= 4 is 0 Å². The minimum atomic E-state index is -2.16. The maximum atomic E-state index is 13.8. The molecule has 0 bridgehead atoms. The Balaban J connectivity index is 2.49. The van der Waals surface area contributed by atoms with Gasteiger partial charge in [0.15, 0.2) is 23.3 Å². The first kappa shape index (κ1) is 15.4. The monoisotopic (exact) mass is 305 g/mol. The third kappa shape index (κ3) is 2.90. The summed E-state index contributed by atoms with van der Waals surface area (Å²) in [6, 6.07) is -1.09. The summed E-state index contributed by atoms with van der Waals surface area (Å²) in [5.41, 5.74) is -0.885. The van der Waals surface area contributed by atoms with E-state index in [-0.39, 0.29) is 13.0 Å². The number of imidazole rings is 1. The highest BCUT2D eigenvalue weighted by molar-refractivity contribution is 5.27. The van der Waals surface area contributed by atoms with Gasteiger partial charge in [0.25, 0.3) is 0 Å². The molecule has 114 valence electrons. The quantitative estimate of drug-likeness (QED) is 0.506. The summed E-state index contributed by atoms with van der Waals surface area (Å²) in [5, 5.41) is 2.70. The van der Waals surface area contributed by atoms with Gasteiger partial charge in [0.05, 0.1) is 0 Å². The molecule has 0 spiro atoms. The van der Waals surface area contributed by atoms with E-state index < -0.39 is 40.7 Å². The van der Waals surface area contributed by atoms with Gasteiger partial charge >= 0.3 is 0 Å². The van der Waals surface area contributed by atoms with E-state index in [4.69, 9.17) is 0 Å². The van der Waals surface area contributed by atoms with Gasteiger partial charge in [-0.2, -0.15) is 0 Å². The minimum Gasteiger partial charge on any atom is -0.349 e. The van der Waals surface area contributed by atoms with Crippen LogP contribution in [-0.4, -0.2) is 16.5 Å². The van der Waals surface area contributed by atoms with Gasteiger partial charge in [0.1, 0.15) is 5.82 Å². The van der Waals surface area contributed by atoms with E-state index in [1.165, 1.54) is 12.4 Å². The second-order valence-corrected chi connectivity index (χ2v) is 4.33. The fraction of sp³-hybridized carbons (Fsp3) is 0.308. The zero-order chi connectivity index (χ0) is 15.6. The van der Waals surface area contributed by atoms with Gasteiger partial charge in [-0.3, -0.25) is 0 Å². The summed E-state index contributed by atoms with van der Waals surface area (Å²) in [4.78, 5) is 6.60. The molecule has 2 aromatic rings. The third-order valence-corrected chi connectivity index (χ3v) is 3.00. The predicted octanol–water partition coefficient (Wildman–Crippen LogP) is 3.00. The Hall–Kier alpha value is -1.96. The summed E-state index contributed by atoms with van der Waals surface area (Å²) in [7, 11) is 0. The summed E-state index contributed by atoms with van der Waals surface area (Å²) in [5.74, 6) is -9.36. The zero-order valence-electron chi connectivity index (χ0n) is 11.0. The Morgan fingerprint density at radius 1 is 1.05 bits per heavy atom. The highest BCUT2D eigenvalue weighted by Crippen LogP contribution is 2.29. The lowest BCUT2D eigenvalue weighted by atomic mass is 10.0. The summed E-state index contributed by atoms with van der Waals surface area (Å²) in [6.45, 7) is 1.94. The molecule has 0 amide bonds. The molecule has 0 aliphatic carbocycles. The van der Waals surface area contributed by atoms with Crippen molar-refractivity contribution in [1.82, 2.24) is 15.3 Å². The highest BCUT2D eigenvalue weighted by Gasteiger charge is 2.30. The van der Waals surface area contributed by atoms with Crippen molar-refractivity contribution in [1.29, 1.82) is 0 Å². The third-order valence-electron chi connectivity index (χ3n) is 3.00. The minimum absolute atomic E-state index is 0.0425. The lowest BCUT2D eigenvalue weighted by Gasteiger charge is -2.19. The smallest absolute Gasteiger partial charge is 0.200 e. The van der Waals surface area contributed by atoms with E-state index in [9.17, 15) is 22.0 Å². The van der Waals surface area contributed by atoms with Gasteiger partial charge in [0.2, 0.25) is 5.82 Å². The molecule has 21 heavy (non-hydrogen) atoms. The number of halogens is 5. The molecule has 1 atom stereocenters. The number of likely N-dealkylation sites (N-methyl/N-ethyl adjacent to an activating group) is 1. The number of benzene rings is 1. The molecule has 3 nitrogen and oxygen atoms in total. The number of rotatable bonds is 5. The van der Waals surface area contributed by atoms with Crippen LogP contribution in [0.4, 0.5) is 22.0 Å². The second kappa shape index (κ2) is 6.21. The lowest BCUT2D eigenvalue weighted by molar-refractivity contribution is 0.355. The average Bonchev–Trinajstić information content (AvgIpc) is 2.96. The standard InChI is InChI=1S/C13H12F5N3/c1-2-19-6(5-7-20-3-4-21-7)8-9(14)11(16)13(18)12(17)10(8)15/h3-4,6,19H,2,5H2,1H3,(H,20,21). The first-order valence-corrected chi connectivity index (χ1v) is 6.20. The Morgan fingerprint density at radius 2 is 1.62 bits per heavy atom. The van der Waals surface area contributed by atoms with Crippen LogP contribution in [0.3, 0.4) is 0 Å². The van der Waals surface area contributed by atoms with Crippen LogP contribution in [0.1, 0.15) is 24.4 Å². The molecule has 1 unspecified atom stereocenters. The molecule has 0 fully saturated rings. The first-order valence-electron chi connectivity index (χ1n) is 6.20. The molecule has 0 saturated heterocycles. The van der Waals surface area contributed by atoms with Crippen LogP contribution < -0.4 is 5.32 Å². The molecule has 0 radical (unpaired) electrons. The van der Waals surface area contributed by atoms with Crippen molar-refractivity contribution in [3.8, 4) is 0 Å².